The SMILES string of the molecule is CC(C)[C@@H](C)NC(=O)CCc1nc2c(cnn2-c2ccccc2)c(=O)[nH]1. The van der Waals surface area contributed by atoms with Crippen molar-refractivity contribution in [3.05, 3.63) is 52.7 Å². The first-order chi connectivity index (χ1) is 12.5. The van der Waals surface area contributed by atoms with Crippen molar-refractivity contribution in [3.8, 4) is 5.69 Å². The van der Waals surface area contributed by atoms with Gasteiger partial charge in [-0.05, 0) is 25.0 Å². The van der Waals surface area contributed by atoms with E-state index in [0.717, 1.165) is 5.69 Å². The van der Waals surface area contributed by atoms with E-state index in [1.807, 2.05) is 37.3 Å². The van der Waals surface area contributed by atoms with Crippen molar-refractivity contribution >= 4 is 16.9 Å². The molecule has 2 heterocycles. The maximum atomic E-state index is 12.3. The number of hydrogen-bond donors (Lipinski definition) is 2. The van der Waals surface area contributed by atoms with E-state index in [9.17, 15) is 9.59 Å². The van der Waals surface area contributed by atoms with Crippen LogP contribution in [0.3, 0.4) is 0 Å². The minimum atomic E-state index is -0.247. The second-order valence-electron chi connectivity index (χ2n) is 6.74. The van der Waals surface area contributed by atoms with Crippen LogP contribution in [0.1, 0.15) is 33.0 Å². The molecule has 136 valence electrons. The number of rotatable bonds is 6. The first kappa shape index (κ1) is 17.8. The quantitative estimate of drug-likeness (QED) is 0.710. The first-order valence-corrected chi connectivity index (χ1v) is 8.77. The van der Waals surface area contributed by atoms with Crippen molar-refractivity contribution < 1.29 is 4.79 Å². The van der Waals surface area contributed by atoms with Crippen molar-refractivity contribution in [2.24, 2.45) is 5.92 Å². The Hall–Kier alpha value is -2.96. The second kappa shape index (κ2) is 7.51. The normalized spacial score (nSPS) is 12.5. The standard InChI is InChI=1S/C19H23N5O2/c1-12(2)13(3)21-17(25)10-9-16-22-18-15(19(26)23-16)11-20-24(18)14-7-5-4-6-8-14/h4-8,11-13H,9-10H2,1-3H3,(H,21,25)(H,22,23,26)/t13-/m1/s1. The molecule has 0 saturated carbocycles. The minimum Gasteiger partial charge on any atom is -0.353 e. The van der Waals surface area contributed by atoms with E-state index in [2.05, 4.69) is 34.2 Å². The second-order valence-corrected chi connectivity index (χ2v) is 6.74. The molecule has 0 unspecified atom stereocenters. The summed E-state index contributed by atoms with van der Waals surface area (Å²) in [6, 6.07) is 9.62. The zero-order valence-corrected chi connectivity index (χ0v) is 15.2. The predicted molar refractivity (Wildman–Crippen MR) is 100 cm³/mol. The molecule has 7 nitrogen and oxygen atoms in total. The van der Waals surface area contributed by atoms with Crippen LogP contribution in [0.5, 0.6) is 0 Å². The molecule has 0 bridgehead atoms. The molecule has 3 aromatic rings. The molecular weight excluding hydrogens is 330 g/mol. The van der Waals surface area contributed by atoms with Crippen molar-refractivity contribution in [1.29, 1.82) is 0 Å². The topological polar surface area (TPSA) is 92.7 Å². The highest BCUT2D eigenvalue weighted by atomic mass is 16.1. The molecular formula is C19H23N5O2. The van der Waals surface area contributed by atoms with E-state index >= 15 is 0 Å². The number of benzene rings is 1. The maximum Gasteiger partial charge on any atom is 0.262 e. The lowest BCUT2D eigenvalue weighted by atomic mass is 10.1. The van der Waals surface area contributed by atoms with Gasteiger partial charge in [0.2, 0.25) is 5.91 Å². The Morgan fingerprint density at radius 2 is 1.96 bits per heavy atom. The van der Waals surface area contributed by atoms with Crippen LogP contribution < -0.4 is 10.9 Å². The summed E-state index contributed by atoms with van der Waals surface area (Å²) in [5.74, 6) is 0.798. The smallest absolute Gasteiger partial charge is 0.262 e. The third-order valence-electron chi connectivity index (χ3n) is 4.47. The Morgan fingerprint density at radius 1 is 1.23 bits per heavy atom. The molecule has 0 spiro atoms. The number of amides is 1. The molecule has 0 aliphatic rings. The van der Waals surface area contributed by atoms with E-state index in [0.29, 0.717) is 29.2 Å². The number of carbonyl (C=O) groups excluding carboxylic acids is 1. The molecule has 0 fully saturated rings. The number of nitrogens with zero attached hydrogens (tertiary/aromatic N) is 3. The van der Waals surface area contributed by atoms with Gasteiger partial charge < -0.3 is 10.3 Å². The lowest BCUT2D eigenvalue weighted by molar-refractivity contribution is -0.121. The average Bonchev–Trinajstić information content (AvgIpc) is 3.05. The largest absolute Gasteiger partial charge is 0.353 e. The lowest BCUT2D eigenvalue weighted by Crippen LogP contribution is -2.36. The summed E-state index contributed by atoms with van der Waals surface area (Å²) < 4.78 is 1.63. The maximum absolute atomic E-state index is 12.3. The Morgan fingerprint density at radius 3 is 2.65 bits per heavy atom. The van der Waals surface area contributed by atoms with Crippen molar-refractivity contribution in [2.45, 2.75) is 39.7 Å². The fourth-order valence-corrected chi connectivity index (χ4v) is 2.57. The number of H-pyrrole nitrogens is 1. The Balaban J connectivity index is 1.82. The van der Waals surface area contributed by atoms with Gasteiger partial charge in [-0.25, -0.2) is 9.67 Å². The van der Waals surface area contributed by atoms with E-state index in [1.165, 1.54) is 6.20 Å². The van der Waals surface area contributed by atoms with Crippen LogP contribution in [0.15, 0.2) is 41.3 Å². The van der Waals surface area contributed by atoms with Crippen LogP contribution >= 0.6 is 0 Å². The molecule has 2 N–H and O–H groups in total. The fraction of sp³-hybridized carbons (Fsp3) is 0.368. The minimum absolute atomic E-state index is 0.0505. The summed E-state index contributed by atoms with van der Waals surface area (Å²) in [6.45, 7) is 6.10. The zero-order chi connectivity index (χ0) is 18.7. The first-order valence-electron chi connectivity index (χ1n) is 8.77. The summed E-state index contributed by atoms with van der Waals surface area (Å²) >= 11 is 0. The Labute approximate surface area is 151 Å². The van der Waals surface area contributed by atoms with Crippen LogP contribution in [0.2, 0.25) is 0 Å². The average molecular weight is 353 g/mol. The van der Waals surface area contributed by atoms with Crippen LogP contribution in [0.25, 0.3) is 16.7 Å². The molecule has 7 heteroatoms. The number of aromatic nitrogens is 4. The Kier molecular flexibility index (Phi) is 5.16. The number of para-hydroxylation sites is 1. The van der Waals surface area contributed by atoms with Gasteiger partial charge in [-0.1, -0.05) is 32.0 Å². The van der Waals surface area contributed by atoms with Crippen LogP contribution in [-0.2, 0) is 11.2 Å². The van der Waals surface area contributed by atoms with Crippen LogP contribution in [0, 0.1) is 5.92 Å². The van der Waals surface area contributed by atoms with Gasteiger partial charge in [-0.15, -0.1) is 0 Å². The van der Waals surface area contributed by atoms with Crippen molar-refractivity contribution in [1.82, 2.24) is 25.1 Å². The van der Waals surface area contributed by atoms with Gasteiger partial charge in [0.25, 0.3) is 5.56 Å². The highest BCUT2D eigenvalue weighted by molar-refractivity contribution is 5.77. The number of carbonyl (C=O) groups is 1. The highest BCUT2D eigenvalue weighted by Crippen LogP contribution is 2.13. The molecule has 2 aromatic heterocycles. The lowest BCUT2D eigenvalue weighted by Gasteiger charge is -2.17. The molecule has 3 rings (SSSR count). The highest BCUT2D eigenvalue weighted by Gasteiger charge is 2.14. The number of nitrogens with one attached hydrogen (secondary N) is 2. The van der Waals surface area contributed by atoms with Crippen molar-refractivity contribution in [3.63, 3.8) is 0 Å². The molecule has 0 aliphatic heterocycles. The fourth-order valence-electron chi connectivity index (χ4n) is 2.57. The van der Waals surface area contributed by atoms with Crippen LogP contribution in [0.4, 0.5) is 0 Å². The number of fused-ring (bicyclic) bond motifs is 1. The molecule has 1 amide bonds. The summed E-state index contributed by atoms with van der Waals surface area (Å²) in [7, 11) is 0. The summed E-state index contributed by atoms with van der Waals surface area (Å²) in [4.78, 5) is 31.6. The summed E-state index contributed by atoms with van der Waals surface area (Å²) in [5.41, 5.74) is 1.07. The molecule has 0 aliphatic carbocycles. The van der Waals surface area contributed by atoms with Gasteiger partial charge in [0.05, 0.1) is 11.9 Å². The van der Waals surface area contributed by atoms with E-state index in [-0.39, 0.29) is 23.9 Å². The van der Waals surface area contributed by atoms with Crippen molar-refractivity contribution in [2.75, 3.05) is 0 Å². The van der Waals surface area contributed by atoms with E-state index in [1.54, 1.807) is 4.68 Å². The monoisotopic (exact) mass is 353 g/mol. The summed E-state index contributed by atoms with van der Waals surface area (Å²) in [5, 5.41) is 7.66. The molecule has 0 saturated heterocycles. The zero-order valence-electron chi connectivity index (χ0n) is 15.2. The van der Waals surface area contributed by atoms with Gasteiger partial charge in [-0.2, -0.15) is 5.10 Å². The van der Waals surface area contributed by atoms with Gasteiger partial charge in [0, 0.05) is 18.9 Å². The number of aryl methyl sites for hydroxylation is 1. The Bertz CT molecular complexity index is 959. The third-order valence-corrected chi connectivity index (χ3v) is 4.47. The van der Waals surface area contributed by atoms with Gasteiger partial charge >= 0.3 is 0 Å². The number of hydrogen-bond acceptors (Lipinski definition) is 4. The number of aromatic amines is 1. The van der Waals surface area contributed by atoms with Gasteiger partial charge in [0.1, 0.15) is 11.2 Å². The molecule has 26 heavy (non-hydrogen) atoms. The van der Waals surface area contributed by atoms with E-state index < -0.39 is 0 Å². The van der Waals surface area contributed by atoms with Crippen LogP contribution in [-0.4, -0.2) is 31.7 Å². The molecule has 1 aromatic carbocycles. The van der Waals surface area contributed by atoms with Gasteiger partial charge in [0.15, 0.2) is 5.65 Å². The predicted octanol–water partition coefficient (Wildman–Crippen LogP) is 2.20. The molecule has 1 atom stereocenters. The molecule has 0 radical (unpaired) electrons. The third kappa shape index (κ3) is 3.82. The van der Waals surface area contributed by atoms with Gasteiger partial charge in [-0.3, -0.25) is 9.59 Å². The van der Waals surface area contributed by atoms with E-state index in [4.69, 9.17) is 0 Å². The summed E-state index contributed by atoms with van der Waals surface area (Å²) in [6.07, 6.45) is 2.14.